The van der Waals surface area contributed by atoms with Crippen molar-refractivity contribution >= 4 is 0 Å². The van der Waals surface area contributed by atoms with Crippen molar-refractivity contribution in [3.05, 3.63) is 37.5 Å². The minimum absolute atomic E-state index is 0.0890. The van der Waals surface area contributed by atoms with Gasteiger partial charge in [-0.25, -0.2) is 0 Å². The van der Waals surface area contributed by atoms with Crippen LogP contribution in [-0.4, -0.2) is 24.4 Å². The third-order valence-corrected chi connectivity index (χ3v) is 11.9. The molecule has 31 heavy (non-hydrogen) atoms. The average Bonchev–Trinajstić information content (AvgIpc) is 3.02. The molecule has 0 bridgehead atoms. The Labute approximate surface area is 191 Å². The zero-order chi connectivity index (χ0) is 22.9. The van der Waals surface area contributed by atoms with E-state index in [9.17, 15) is 5.11 Å². The number of methoxy groups -OCH3 is 1. The maximum atomic E-state index is 11.3. The Morgan fingerprint density at radius 2 is 1.65 bits per heavy atom. The van der Waals surface area contributed by atoms with E-state index in [0.717, 1.165) is 19.3 Å². The fraction of sp³-hybridized carbons (Fsp3) is 0.793. The number of allylic oxidation sites excluding steroid dienone is 3. The molecule has 0 amide bonds. The largest absolute Gasteiger partial charge is 0.387 e. The summed E-state index contributed by atoms with van der Waals surface area (Å²) in [4.78, 5) is 0. The lowest BCUT2D eigenvalue weighted by Crippen LogP contribution is -2.68. The third kappa shape index (κ3) is 2.64. The Morgan fingerprint density at radius 3 is 2.23 bits per heavy atom. The molecule has 0 aromatic carbocycles. The number of aliphatic hydroxyl groups is 1. The molecule has 4 saturated carbocycles. The van der Waals surface area contributed by atoms with E-state index < -0.39 is 5.60 Å². The smallest absolute Gasteiger partial charge is 0.0885 e. The van der Waals surface area contributed by atoms with Crippen molar-refractivity contribution in [2.75, 3.05) is 13.7 Å². The molecule has 8 atom stereocenters. The molecule has 0 saturated heterocycles. The van der Waals surface area contributed by atoms with Crippen LogP contribution in [0.25, 0.3) is 0 Å². The van der Waals surface area contributed by atoms with Crippen LogP contribution in [0.3, 0.4) is 0 Å². The third-order valence-electron chi connectivity index (χ3n) is 11.9. The van der Waals surface area contributed by atoms with Gasteiger partial charge in [0.1, 0.15) is 0 Å². The molecule has 4 aliphatic rings. The SMILES string of the molecule is C=C[C@]12CC[C@]3(C)[C@@H](C(=C)C)CC[C@@]3(C=C)[C@@H]1CC[C@@]1(C)C[C@@](O)(COC)CC[C@@]12C. The van der Waals surface area contributed by atoms with Crippen LogP contribution in [0, 0.1) is 38.9 Å². The van der Waals surface area contributed by atoms with Gasteiger partial charge in [0.25, 0.3) is 0 Å². The lowest BCUT2D eigenvalue weighted by atomic mass is 9.31. The van der Waals surface area contributed by atoms with E-state index in [1.807, 2.05) is 0 Å². The van der Waals surface area contributed by atoms with Crippen LogP contribution in [0.1, 0.15) is 85.5 Å². The summed E-state index contributed by atoms with van der Waals surface area (Å²) >= 11 is 0. The molecule has 0 aromatic heterocycles. The highest BCUT2D eigenvalue weighted by molar-refractivity contribution is 5.31. The predicted octanol–water partition coefficient (Wildman–Crippen LogP) is 7.10. The molecule has 0 aromatic rings. The maximum Gasteiger partial charge on any atom is 0.0885 e. The lowest BCUT2D eigenvalue weighted by molar-refractivity contribution is -0.242. The van der Waals surface area contributed by atoms with Crippen LogP contribution in [0.2, 0.25) is 0 Å². The second-order valence-corrected chi connectivity index (χ2v) is 12.7. The molecule has 2 nitrogen and oxygen atoms in total. The molecule has 2 heteroatoms. The first-order chi connectivity index (χ1) is 14.4. The van der Waals surface area contributed by atoms with Crippen molar-refractivity contribution in [3.63, 3.8) is 0 Å². The van der Waals surface area contributed by atoms with Gasteiger partial charge in [-0.15, -0.1) is 13.2 Å². The van der Waals surface area contributed by atoms with Crippen LogP contribution in [0.5, 0.6) is 0 Å². The van der Waals surface area contributed by atoms with Gasteiger partial charge in [0.05, 0.1) is 12.2 Å². The number of fused-ring (bicyclic) bond motifs is 5. The highest BCUT2D eigenvalue weighted by Crippen LogP contribution is 2.80. The van der Waals surface area contributed by atoms with Gasteiger partial charge in [-0.05, 0) is 104 Å². The van der Waals surface area contributed by atoms with Crippen LogP contribution >= 0.6 is 0 Å². The molecule has 0 heterocycles. The fourth-order valence-corrected chi connectivity index (χ4v) is 10.1. The van der Waals surface area contributed by atoms with Gasteiger partial charge >= 0.3 is 0 Å². The molecule has 0 aliphatic heterocycles. The molecule has 0 radical (unpaired) electrons. The fourth-order valence-electron chi connectivity index (χ4n) is 10.1. The first kappa shape index (κ1) is 23.3. The molecule has 4 aliphatic carbocycles. The zero-order valence-corrected chi connectivity index (χ0v) is 20.9. The Hall–Kier alpha value is -0.860. The summed E-state index contributed by atoms with van der Waals surface area (Å²) in [5, 5.41) is 11.3. The summed E-state index contributed by atoms with van der Waals surface area (Å²) in [5.41, 5.74) is 1.35. The van der Waals surface area contributed by atoms with Crippen molar-refractivity contribution in [3.8, 4) is 0 Å². The molecular formula is C29H46O2. The summed E-state index contributed by atoms with van der Waals surface area (Å²) < 4.78 is 5.45. The average molecular weight is 427 g/mol. The van der Waals surface area contributed by atoms with E-state index in [0.29, 0.717) is 18.4 Å². The van der Waals surface area contributed by atoms with E-state index in [1.54, 1.807) is 7.11 Å². The van der Waals surface area contributed by atoms with E-state index in [1.165, 1.54) is 44.1 Å². The van der Waals surface area contributed by atoms with Gasteiger partial charge in [0.2, 0.25) is 0 Å². The van der Waals surface area contributed by atoms with Crippen molar-refractivity contribution in [1.82, 2.24) is 0 Å². The van der Waals surface area contributed by atoms with Crippen molar-refractivity contribution in [1.29, 1.82) is 0 Å². The van der Waals surface area contributed by atoms with E-state index >= 15 is 0 Å². The predicted molar refractivity (Wildman–Crippen MR) is 130 cm³/mol. The summed E-state index contributed by atoms with van der Waals surface area (Å²) in [5.74, 6) is 1.16. The zero-order valence-electron chi connectivity index (χ0n) is 20.9. The molecular weight excluding hydrogens is 380 g/mol. The number of rotatable bonds is 5. The summed E-state index contributed by atoms with van der Waals surface area (Å²) in [6, 6.07) is 0. The monoisotopic (exact) mass is 426 g/mol. The first-order valence-electron chi connectivity index (χ1n) is 12.6. The van der Waals surface area contributed by atoms with Crippen LogP contribution in [0.15, 0.2) is 37.5 Å². The molecule has 4 fully saturated rings. The highest BCUT2D eigenvalue weighted by Gasteiger charge is 2.73. The summed E-state index contributed by atoms with van der Waals surface area (Å²) in [6.07, 6.45) is 14.7. The van der Waals surface area contributed by atoms with Gasteiger partial charge < -0.3 is 9.84 Å². The Bertz CT molecular complexity index is 786. The number of hydrogen-bond donors (Lipinski definition) is 1. The quantitative estimate of drug-likeness (QED) is 0.475. The van der Waals surface area contributed by atoms with Crippen LogP contribution in [0.4, 0.5) is 0 Å². The van der Waals surface area contributed by atoms with Gasteiger partial charge in [0.15, 0.2) is 0 Å². The Morgan fingerprint density at radius 1 is 0.968 bits per heavy atom. The van der Waals surface area contributed by atoms with E-state index in [-0.39, 0.29) is 27.1 Å². The second-order valence-electron chi connectivity index (χ2n) is 12.7. The minimum Gasteiger partial charge on any atom is -0.387 e. The van der Waals surface area contributed by atoms with Crippen LogP contribution in [-0.2, 0) is 4.74 Å². The maximum absolute atomic E-state index is 11.3. The molecule has 4 rings (SSSR count). The topological polar surface area (TPSA) is 29.5 Å². The van der Waals surface area contributed by atoms with E-state index in [2.05, 4.69) is 59.6 Å². The minimum atomic E-state index is -0.698. The van der Waals surface area contributed by atoms with Crippen LogP contribution < -0.4 is 0 Å². The van der Waals surface area contributed by atoms with Crippen molar-refractivity contribution in [2.24, 2.45) is 38.9 Å². The van der Waals surface area contributed by atoms with Crippen molar-refractivity contribution < 1.29 is 9.84 Å². The molecule has 1 N–H and O–H groups in total. The lowest BCUT2D eigenvalue weighted by Gasteiger charge is -2.73. The Kier molecular flexibility index (Phi) is 5.31. The Balaban J connectivity index is 1.82. The standard InChI is InChI=1S/C29H46O2/c1-9-28-14-11-22(21(3)4)25(28,6)15-18-29(10-2)23(28)12-13-24(5)19-27(30,20-31-8)17-16-26(24,29)7/h9-10,22-23,30H,1-3,11-20H2,4-8H3/t22-,23+,24+,25-,26+,27-,28+,29+/m1/s1. The summed E-state index contributed by atoms with van der Waals surface area (Å²) in [6.45, 7) is 23.6. The first-order valence-corrected chi connectivity index (χ1v) is 12.6. The molecule has 174 valence electrons. The van der Waals surface area contributed by atoms with Gasteiger partial charge in [-0.1, -0.05) is 45.1 Å². The second kappa shape index (κ2) is 7.07. The number of hydrogen-bond acceptors (Lipinski definition) is 2. The highest BCUT2D eigenvalue weighted by atomic mass is 16.5. The van der Waals surface area contributed by atoms with Gasteiger partial charge in [-0.3, -0.25) is 0 Å². The van der Waals surface area contributed by atoms with E-state index in [4.69, 9.17) is 4.74 Å². The van der Waals surface area contributed by atoms with Crippen molar-refractivity contribution in [2.45, 2.75) is 91.1 Å². The van der Waals surface area contributed by atoms with Gasteiger partial charge in [0, 0.05) is 7.11 Å². The normalized spacial score (nSPS) is 53.7. The van der Waals surface area contributed by atoms with Gasteiger partial charge in [-0.2, -0.15) is 0 Å². The molecule has 0 spiro atoms. The number of ether oxygens (including phenoxy) is 1. The molecule has 0 unspecified atom stereocenters. The summed E-state index contributed by atoms with van der Waals surface area (Å²) in [7, 11) is 1.71.